The van der Waals surface area contributed by atoms with Gasteiger partial charge in [-0.1, -0.05) is 0 Å². The van der Waals surface area contributed by atoms with E-state index in [1.165, 1.54) is 6.33 Å². The average molecular weight is 165 g/mol. The standard InChI is InChI=1S/C6H7N5O/c1-3-4-5(10-9-3)6(7)11(12)2-8-4/h2,7,12H,1H3,(H,9,10). The van der Waals surface area contributed by atoms with Crippen LogP contribution >= 0.6 is 0 Å². The fraction of sp³-hybridized carbons (Fsp3) is 0.167. The number of rotatable bonds is 0. The third kappa shape index (κ3) is 0.714. The van der Waals surface area contributed by atoms with Crippen molar-refractivity contribution in [3.05, 3.63) is 17.5 Å². The molecule has 2 aromatic heterocycles. The first-order valence-electron chi connectivity index (χ1n) is 3.36. The molecule has 3 N–H and O–H groups in total. The van der Waals surface area contributed by atoms with E-state index in [4.69, 9.17) is 10.6 Å². The Morgan fingerprint density at radius 1 is 1.58 bits per heavy atom. The molecule has 0 spiro atoms. The highest BCUT2D eigenvalue weighted by molar-refractivity contribution is 5.74. The Morgan fingerprint density at radius 2 is 2.33 bits per heavy atom. The minimum absolute atomic E-state index is 0.0654. The summed E-state index contributed by atoms with van der Waals surface area (Å²) >= 11 is 0. The van der Waals surface area contributed by atoms with E-state index in [1.807, 2.05) is 6.92 Å². The Morgan fingerprint density at radius 3 is 3.08 bits per heavy atom. The van der Waals surface area contributed by atoms with E-state index in [9.17, 15) is 0 Å². The summed E-state index contributed by atoms with van der Waals surface area (Å²) in [6.07, 6.45) is 1.17. The fourth-order valence-corrected chi connectivity index (χ4v) is 1.02. The van der Waals surface area contributed by atoms with E-state index in [1.54, 1.807) is 0 Å². The summed E-state index contributed by atoms with van der Waals surface area (Å²) in [7, 11) is 0. The summed E-state index contributed by atoms with van der Waals surface area (Å²) in [5.41, 5.74) is 1.71. The number of H-pyrrole nitrogens is 1. The van der Waals surface area contributed by atoms with Gasteiger partial charge in [0.1, 0.15) is 11.8 Å². The van der Waals surface area contributed by atoms with Crippen molar-refractivity contribution in [1.29, 1.82) is 5.41 Å². The van der Waals surface area contributed by atoms with Crippen LogP contribution in [0.3, 0.4) is 0 Å². The van der Waals surface area contributed by atoms with Gasteiger partial charge in [-0.15, -0.1) is 0 Å². The molecule has 0 bridgehead atoms. The molecule has 0 atom stereocenters. The summed E-state index contributed by atoms with van der Waals surface area (Å²) in [5.74, 6) is 0. The van der Waals surface area contributed by atoms with Crippen LogP contribution in [0.25, 0.3) is 11.0 Å². The summed E-state index contributed by atoms with van der Waals surface area (Å²) < 4.78 is 0.628. The fourth-order valence-electron chi connectivity index (χ4n) is 1.02. The van der Waals surface area contributed by atoms with Gasteiger partial charge in [-0.2, -0.15) is 9.83 Å². The average Bonchev–Trinajstić information content (AvgIpc) is 2.41. The lowest BCUT2D eigenvalue weighted by atomic mass is 10.4. The van der Waals surface area contributed by atoms with Gasteiger partial charge in [0.2, 0.25) is 0 Å². The Kier molecular flexibility index (Phi) is 1.18. The van der Waals surface area contributed by atoms with Gasteiger partial charge >= 0.3 is 0 Å². The molecule has 0 amide bonds. The highest BCUT2D eigenvalue weighted by Crippen LogP contribution is 2.05. The summed E-state index contributed by atoms with van der Waals surface area (Å²) in [5, 5.41) is 22.9. The maximum absolute atomic E-state index is 9.04. The Balaban J connectivity index is 3.03. The van der Waals surface area contributed by atoms with Gasteiger partial charge in [-0.3, -0.25) is 10.5 Å². The summed E-state index contributed by atoms with van der Waals surface area (Å²) in [6, 6.07) is 0. The SMILES string of the molecule is Cc1[nH]nc2c(=N)n(O)cnc12. The van der Waals surface area contributed by atoms with Gasteiger partial charge in [-0.05, 0) is 6.92 Å². The summed E-state index contributed by atoms with van der Waals surface area (Å²) in [6.45, 7) is 1.81. The zero-order valence-electron chi connectivity index (χ0n) is 6.37. The smallest absolute Gasteiger partial charge is 0.192 e. The molecule has 0 saturated carbocycles. The van der Waals surface area contributed by atoms with Crippen LogP contribution in [0.2, 0.25) is 0 Å². The Bertz CT molecular complexity index is 482. The topological polar surface area (TPSA) is 90.6 Å². The first-order chi connectivity index (χ1) is 5.70. The normalized spacial score (nSPS) is 10.8. The molecule has 2 heterocycles. The quantitative estimate of drug-likeness (QED) is 0.471. The van der Waals surface area contributed by atoms with Crippen molar-refractivity contribution in [3.63, 3.8) is 0 Å². The van der Waals surface area contributed by atoms with Gasteiger partial charge in [-0.25, -0.2) is 4.98 Å². The molecule has 0 aliphatic heterocycles. The number of hydrogen-bond acceptors (Lipinski definition) is 4. The van der Waals surface area contributed by atoms with Crippen LogP contribution in [0.15, 0.2) is 6.33 Å². The van der Waals surface area contributed by atoms with Crippen molar-refractivity contribution in [2.45, 2.75) is 6.92 Å². The largest absolute Gasteiger partial charge is 0.425 e. The van der Waals surface area contributed by atoms with Gasteiger partial charge in [0.05, 0.1) is 5.69 Å². The second-order valence-electron chi connectivity index (χ2n) is 2.48. The molecule has 0 aliphatic rings. The van der Waals surface area contributed by atoms with Crippen LogP contribution in [0, 0.1) is 12.3 Å². The van der Waals surface area contributed by atoms with Crippen LogP contribution in [0.4, 0.5) is 0 Å². The second kappa shape index (κ2) is 2.07. The van der Waals surface area contributed by atoms with Crippen molar-refractivity contribution < 1.29 is 5.21 Å². The van der Waals surface area contributed by atoms with Crippen LogP contribution in [-0.4, -0.2) is 25.1 Å². The molecule has 12 heavy (non-hydrogen) atoms. The summed E-state index contributed by atoms with van der Waals surface area (Å²) in [4.78, 5) is 3.90. The highest BCUT2D eigenvalue weighted by Gasteiger charge is 2.05. The minimum atomic E-state index is -0.0654. The molecule has 2 rings (SSSR count). The van der Waals surface area contributed by atoms with Crippen LogP contribution in [0.5, 0.6) is 0 Å². The molecule has 6 heteroatoms. The third-order valence-corrected chi connectivity index (χ3v) is 1.66. The minimum Gasteiger partial charge on any atom is -0.425 e. The number of nitrogens with one attached hydrogen (secondary N) is 2. The van der Waals surface area contributed by atoms with Gasteiger partial charge < -0.3 is 5.21 Å². The first-order valence-corrected chi connectivity index (χ1v) is 3.36. The zero-order valence-corrected chi connectivity index (χ0v) is 6.37. The van der Waals surface area contributed by atoms with Crippen LogP contribution in [0.1, 0.15) is 5.69 Å². The van der Waals surface area contributed by atoms with E-state index in [0.29, 0.717) is 15.8 Å². The van der Waals surface area contributed by atoms with Crippen molar-refractivity contribution >= 4 is 11.0 Å². The lowest BCUT2D eigenvalue weighted by Crippen LogP contribution is -2.18. The molecule has 62 valence electrons. The molecule has 2 aromatic rings. The molecule has 0 fully saturated rings. The molecule has 0 radical (unpaired) electrons. The molecular formula is C6H7N5O. The molecular weight excluding hydrogens is 158 g/mol. The first kappa shape index (κ1) is 6.84. The molecule has 0 saturated heterocycles. The van der Waals surface area contributed by atoms with Crippen LogP contribution < -0.4 is 5.49 Å². The lowest BCUT2D eigenvalue weighted by molar-refractivity contribution is 0.168. The Labute approximate surface area is 67.0 Å². The maximum Gasteiger partial charge on any atom is 0.192 e. The van der Waals surface area contributed by atoms with Gasteiger partial charge in [0.25, 0.3) is 0 Å². The van der Waals surface area contributed by atoms with Gasteiger partial charge in [0, 0.05) is 0 Å². The molecule has 0 unspecified atom stereocenters. The number of hydrogen-bond donors (Lipinski definition) is 3. The lowest BCUT2D eigenvalue weighted by Gasteiger charge is -1.94. The highest BCUT2D eigenvalue weighted by atomic mass is 16.5. The van der Waals surface area contributed by atoms with E-state index in [0.717, 1.165) is 5.69 Å². The number of aryl methyl sites for hydroxylation is 1. The molecule has 0 aromatic carbocycles. The van der Waals surface area contributed by atoms with Crippen molar-refractivity contribution in [3.8, 4) is 0 Å². The number of nitrogens with zero attached hydrogens (tertiary/aromatic N) is 3. The third-order valence-electron chi connectivity index (χ3n) is 1.66. The monoisotopic (exact) mass is 165 g/mol. The van der Waals surface area contributed by atoms with E-state index in [-0.39, 0.29) is 5.49 Å². The predicted octanol–water partition coefficient (Wildman–Crippen LogP) is -0.215. The number of aromatic nitrogens is 4. The zero-order chi connectivity index (χ0) is 8.72. The predicted molar refractivity (Wildman–Crippen MR) is 39.7 cm³/mol. The Hall–Kier alpha value is -1.85. The second-order valence-corrected chi connectivity index (χ2v) is 2.48. The number of aromatic amines is 1. The van der Waals surface area contributed by atoms with Crippen molar-refractivity contribution in [1.82, 2.24) is 19.9 Å². The van der Waals surface area contributed by atoms with Gasteiger partial charge in [0.15, 0.2) is 11.0 Å². The van der Waals surface area contributed by atoms with E-state index in [2.05, 4.69) is 15.2 Å². The number of fused-ring (bicyclic) bond motifs is 1. The van der Waals surface area contributed by atoms with Crippen LogP contribution in [-0.2, 0) is 0 Å². The van der Waals surface area contributed by atoms with Crippen molar-refractivity contribution in [2.75, 3.05) is 0 Å². The van der Waals surface area contributed by atoms with Crippen molar-refractivity contribution in [2.24, 2.45) is 0 Å². The molecule has 0 aliphatic carbocycles. The maximum atomic E-state index is 9.04. The van der Waals surface area contributed by atoms with E-state index < -0.39 is 0 Å². The van der Waals surface area contributed by atoms with E-state index >= 15 is 0 Å². The molecule has 6 nitrogen and oxygen atoms in total.